The highest BCUT2D eigenvalue weighted by atomic mass is 16.5. The quantitative estimate of drug-likeness (QED) is 0.743. The third-order valence-electron chi connectivity index (χ3n) is 3.89. The van der Waals surface area contributed by atoms with Gasteiger partial charge in [-0.25, -0.2) is 14.6 Å². The number of nitrogens with zero attached hydrogens (tertiary/aromatic N) is 5. The number of benzene rings is 1. The maximum Gasteiger partial charge on any atom is 0.167 e. The number of hydrogen-bond acceptors (Lipinski definition) is 5. The maximum absolute atomic E-state index is 5.41. The lowest BCUT2D eigenvalue weighted by Gasteiger charge is -2.27. The van der Waals surface area contributed by atoms with E-state index >= 15 is 0 Å². The molecule has 1 aromatic carbocycles. The minimum Gasteiger partial charge on any atom is -0.378 e. The molecule has 0 bridgehead atoms. The first-order valence-corrected chi connectivity index (χ1v) is 7.66. The van der Waals surface area contributed by atoms with Crippen molar-refractivity contribution in [3.05, 3.63) is 48.4 Å². The van der Waals surface area contributed by atoms with Crippen molar-refractivity contribution in [2.24, 2.45) is 0 Å². The van der Waals surface area contributed by atoms with Crippen molar-refractivity contribution in [2.45, 2.75) is 0 Å². The van der Waals surface area contributed by atoms with Crippen LogP contribution in [0.15, 0.2) is 42.9 Å². The van der Waals surface area contributed by atoms with E-state index in [9.17, 15) is 0 Å². The highest BCUT2D eigenvalue weighted by Gasteiger charge is 2.17. The van der Waals surface area contributed by atoms with Gasteiger partial charge >= 0.3 is 0 Å². The first-order chi connectivity index (χ1) is 11.4. The van der Waals surface area contributed by atoms with E-state index in [1.54, 1.807) is 11.0 Å². The van der Waals surface area contributed by atoms with Crippen LogP contribution in [-0.4, -0.2) is 46.1 Å². The van der Waals surface area contributed by atoms with Crippen LogP contribution in [0.5, 0.6) is 0 Å². The summed E-state index contributed by atoms with van der Waals surface area (Å²) in [6, 6.07) is 10.1. The number of rotatable bonds is 3. The zero-order valence-corrected chi connectivity index (χ0v) is 12.7. The number of anilines is 1. The molecule has 1 fully saturated rings. The summed E-state index contributed by atoms with van der Waals surface area (Å²) in [5.74, 6) is 0.928. The minimum atomic E-state index is 0.730. The molecule has 4 rings (SSSR count). The summed E-state index contributed by atoms with van der Waals surface area (Å²) in [5.41, 5.74) is 1.94. The molecule has 116 valence electrons. The van der Waals surface area contributed by atoms with Crippen LogP contribution >= 0.6 is 0 Å². The van der Waals surface area contributed by atoms with Crippen molar-refractivity contribution in [3.63, 3.8) is 0 Å². The molecule has 0 N–H and O–H groups in total. The molecule has 1 aliphatic heterocycles. The molecule has 1 aliphatic rings. The Kier molecular flexibility index (Phi) is 3.73. The fourth-order valence-corrected chi connectivity index (χ4v) is 2.71. The third kappa shape index (κ3) is 2.80. The molecule has 0 saturated carbocycles. The van der Waals surface area contributed by atoms with E-state index in [-0.39, 0.29) is 0 Å². The van der Waals surface area contributed by atoms with Crippen molar-refractivity contribution >= 4 is 29.1 Å². The summed E-state index contributed by atoms with van der Waals surface area (Å²) in [6.07, 6.45) is 7.37. The van der Waals surface area contributed by atoms with E-state index in [0.717, 1.165) is 48.7 Å². The molecule has 0 spiro atoms. The van der Waals surface area contributed by atoms with Gasteiger partial charge in [-0.05, 0) is 11.6 Å². The first kappa shape index (κ1) is 13.9. The van der Waals surface area contributed by atoms with E-state index in [1.165, 1.54) is 0 Å². The van der Waals surface area contributed by atoms with Crippen LogP contribution in [0, 0.1) is 0 Å². The van der Waals surface area contributed by atoms with Gasteiger partial charge in [-0.2, -0.15) is 5.10 Å². The SMILES string of the molecule is C(=C/n1ncc2c(N3CCOCC3)ncnc21)/c1ccccc1. The molecule has 0 atom stereocenters. The van der Waals surface area contributed by atoms with Crippen LogP contribution in [0.4, 0.5) is 5.82 Å². The van der Waals surface area contributed by atoms with Gasteiger partial charge in [0.05, 0.1) is 24.8 Å². The van der Waals surface area contributed by atoms with Crippen LogP contribution in [0.2, 0.25) is 0 Å². The predicted molar refractivity (Wildman–Crippen MR) is 90.0 cm³/mol. The molecule has 0 aliphatic carbocycles. The molecule has 3 aromatic rings. The molecule has 1 saturated heterocycles. The Bertz CT molecular complexity index is 821. The molecule has 0 amide bonds. The van der Waals surface area contributed by atoms with Crippen molar-refractivity contribution in [1.82, 2.24) is 19.7 Å². The van der Waals surface area contributed by atoms with Crippen LogP contribution in [0.1, 0.15) is 5.56 Å². The molecule has 0 radical (unpaired) electrons. The first-order valence-electron chi connectivity index (χ1n) is 7.66. The zero-order chi connectivity index (χ0) is 15.5. The Balaban J connectivity index is 1.68. The lowest BCUT2D eigenvalue weighted by molar-refractivity contribution is 0.122. The van der Waals surface area contributed by atoms with Gasteiger partial charge in [-0.3, -0.25) is 0 Å². The smallest absolute Gasteiger partial charge is 0.167 e. The normalized spacial score (nSPS) is 15.6. The van der Waals surface area contributed by atoms with Crippen LogP contribution < -0.4 is 4.90 Å². The van der Waals surface area contributed by atoms with Crippen molar-refractivity contribution in [3.8, 4) is 0 Å². The summed E-state index contributed by atoms with van der Waals surface area (Å²) in [7, 11) is 0. The fraction of sp³-hybridized carbons (Fsp3) is 0.235. The van der Waals surface area contributed by atoms with Gasteiger partial charge in [-0.1, -0.05) is 30.3 Å². The summed E-state index contributed by atoms with van der Waals surface area (Å²) in [6.45, 7) is 3.15. The van der Waals surface area contributed by atoms with Crippen molar-refractivity contribution in [1.29, 1.82) is 0 Å². The Labute approximate surface area is 134 Å². The van der Waals surface area contributed by atoms with Crippen LogP contribution in [-0.2, 0) is 4.74 Å². The third-order valence-corrected chi connectivity index (χ3v) is 3.89. The summed E-state index contributed by atoms with van der Waals surface area (Å²) in [5, 5.41) is 5.40. The predicted octanol–water partition coefficient (Wildman–Crippen LogP) is 2.29. The number of fused-ring (bicyclic) bond motifs is 1. The van der Waals surface area contributed by atoms with E-state index in [2.05, 4.69) is 32.1 Å². The Hall–Kier alpha value is -2.73. The Morgan fingerprint density at radius 1 is 1.04 bits per heavy atom. The number of aromatic nitrogens is 4. The molecule has 3 heterocycles. The summed E-state index contributed by atoms with van der Waals surface area (Å²) >= 11 is 0. The van der Waals surface area contributed by atoms with Gasteiger partial charge in [0, 0.05) is 19.3 Å². The van der Waals surface area contributed by atoms with E-state index in [4.69, 9.17) is 4.74 Å². The van der Waals surface area contributed by atoms with Gasteiger partial charge in [-0.15, -0.1) is 0 Å². The number of ether oxygens (including phenoxy) is 1. The topological polar surface area (TPSA) is 56.1 Å². The molecular weight excluding hydrogens is 290 g/mol. The van der Waals surface area contributed by atoms with Gasteiger partial charge in [0.25, 0.3) is 0 Å². The highest BCUT2D eigenvalue weighted by molar-refractivity contribution is 5.88. The number of hydrogen-bond donors (Lipinski definition) is 0. The lowest BCUT2D eigenvalue weighted by Crippen LogP contribution is -2.36. The maximum atomic E-state index is 5.41. The second-order valence-corrected chi connectivity index (χ2v) is 5.35. The highest BCUT2D eigenvalue weighted by Crippen LogP contribution is 2.23. The molecule has 6 heteroatoms. The second kappa shape index (κ2) is 6.18. The second-order valence-electron chi connectivity index (χ2n) is 5.35. The minimum absolute atomic E-state index is 0.730. The van der Waals surface area contributed by atoms with Crippen LogP contribution in [0.3, 0.4) is 0 Å². The monoisotopic (exact) mass is 307 g/mol. The van der Waals surface area contributed by atoms with Gasteiger partial charge < -0.3 is 9.64 Å². The van der Waals surface area contributed by atoms with Crippen LogP contribution in [0.25, 0.3) is 23.3 Å². The standard InChI is InChI=1S/C17H17N5O/c1-2-4-14(5-3-1)6-7-22-17-15(12-20-22)16(18-13-19-17)21-8-10-23-11-9-21/h1-7,12-13H,8-11H2/b7-6-. The average Bonchev–Trinajstić information content (AvgIpc) is 3.05. The Morgan fingerprint density at radius 2 is 1.87 bits per heavy atom. The molecule has 0 unspecified atom stereocenters. The van der Waals surface area contributed by atoms with Gasteiger partial charge in [0.15, 0.2) is 5.65 Å². The zero-order valence-electron chi connectivity index (χ0n) is 12.7. The van der Waals surface area contributed by atoms with E-state index < -0.39 is 0 Å². The summed E-state index contributed by atoms with van der Waals surface area (Å²) < 4.78 is 7.19. The van der Waals surface area contributed by atoms with Gasteiger partial charge in [0.2, 0.25) is 0 Å². The molecule has 2 aromatic heterocycles. The fourth-order valence-electron chi connectivity index (χ4n) is 2.71. The van der Waals surface area contributed by atoms with Crippen molar-refractivity contribution < 1.29 is 4.74 Å². The van der Waals surface area contributed by atoms with Crippen molar-refractivity contribution in [2.75, 3.05) is 31.2 Å². The molecule has 23 heavy (non-hydrogen) atoms. The Morgan fingerprint density at radius 3 is 2.70 bits per heavy atom. The largest absolute Gasteiger partial charge is 0.378 e. The summed E-state index contributed by atoms with van der Waals surface area (Å²) in [4.78, 5) is 11.1. The van der Waals surface area contributed by atoms with E-state index in [1.807, 2.05) is 36.7 Å². The molecular formula is C17H17N5O. The van der Waals surface area contributed by atoms with Gasteiger partial charge in [0.1, 0.15) is 12.1 Å². The number of morpholine rings is 1. The average molecular weight is 307 g/mol. The lowest BCUT2D eigenvalue weighted by atomic mass is 10.2. The molecule has 6 nitrogen and oxygen atoms in total. The van der Waals surface area contributed by atoms with E-state index in [0.29, 0.717) is 0 Å².